The van der Waals surface area contributed by atoms with Gasteiger partial charge in [-0.2, -0.15) is 0 Å². The van der Waals surface area contributed by atoms with E-state index < -0.39 is 8.07 Å². The van der Waals surface area contributed by atoms with Crippen molar-refractivity contribution in [1.82, 2.24) is 13.7 Å². The predicted octanol–water partition coefficient (Wildman–Crippen LogP) is 12.4. The van der Waals surface area contributed by atoms with E-state index in [0.717, 1.165) is 11.4 Å². The summed E-state index contributed by atoms with van der Waals surface area (Å²) in [6.45, 7) is 0. The van der Waals surface area contributed by atoms with Gasteiger partial charge in [0, 0.05) is 38.0 Å². The monoisotopic (exact) mass is 831 g/mol. The highest BCUT2D eigenvalue weighted by molar-refractivity contribution is 7.20. The van der Waals surface area contributed by atoms with E-state index in [0.29, 0.717) is 0 Å². The van der Waals surface area contributed by atoms with E-state index in [2.05, 4.69) is 262 Å². The summed E-state index contributed by atoms with van der Waals surface area (Å²) >= 11 is 0. The van der Waals surface area contributed by atoms with Crippen molar-refractivity contribution >= 4 is 94.2 Å². The molecule has 10 aromatic carbocycles. The van der Waals surface area contributed by atoms with Gasteiger partial charge in [0.25, 0.3) is 0 Å². The average Bonchev–Trinajstić information content (AvgIpc) is 4.02. The first-order chi connectivity index (χ1) is 31.8. The largest absolute Gasteiger partial charge is 0.309 e. The maximum Gasteiger partial charge on any atom is 0.181 e. The van der Waals surface area contributed by atoms with Crippen LogP contribution in [0.5, 0.6) is 0 Å². The fourth-order valence-electron chi connectivity index (χ4n) is 11.1. The molecule has 64 heavy (non-hydrogen) atoms. The number of para-hydroxylation sites is 5. The number of fused-ring (bicyclic) bond motifs is 9. The quantitative estimate of drug-likeness (QED) is 0.112. The summed E-state index contributed by atoms with van der Waals surface area (Å²) in [5.74, 6) is 0. The predicted molar refractivity (Wildman–Crippen MR) is 273 cm³/mol. The van der Waals surface area contributed by atoms with Crippen molar-refractivity contribution in [2.45, 2.75) is 0 Å². The van der Waals surface area contributed by atoms with Gasteiger partial charge in [-0.3, -0.25) is 0 Å². The van der Waals surface area contributed by atoms with E-state index in [1.165, 1.54) is 91.9 Å². The fraction of sp³-hybridized carbons (Fsp3) is 0. The number of hydrogen-bond donors (Lipinski definition) is 0. The topological polar surface area (TPSA) is 14.8 Å². The first-order valence-corrected chi connectivity index (χ1v) is 24.1. The Hall–Kier alpha value is -8.18. The Morgan fingerprint density at radius 3 is 1.17 bits per heavy atom. The smallest absolute Gasteiger partial charge is 0.181 e. The van der Waals surface area contributed by atoms with Crippen LogP contribution < -0.4 is 20.7 Å². The van der Waals surface area contributed by atoms with E-state index in [-0.39, 0.29) is 0 Å². The van der Waals surface area contributed by atoms with Gasteiger partial charge in [0.15, 0.2) is 8.07 Å². The Bertz CT molecular complexity index is 3730. The van der Waals surface area contributed by atoms with E-state index in [1.54, 1.807) is 0 Å². The lowest BCUT2D eigenvalue weighted by Gasteiger charge is -2.36. The minimum absolute atomic E-state index is 1.15. The molecule has 13 aromatic rings. The highest BCUT2D eigenvalue weighted by Crippen LogP contribution is 2.43. The highest BCUT2D eigenvalue weighted by atomic mass is 28.3. The number of benzene rings is 10. The Labute approximate surface area is 372 Å². The first-order valence-electron chi connectivity index (χ1n) is 22.1. The van der Waals surface area contributed by atoms with Crippen LogP contribution in [-0.2, 0) is 0 Å². The lowest BCUT2D eigenvalue weighted by atomic mass is 10.1. The molecule has 0 N–H and O–H groups in total. The van der Waals surface area contributed by atoms with Crippen molar-refractivity contribution in [3.8, 4) is 17.1 Å². The molecule has 0 fully saturated rings. The Morgan fingerprint density at radius 1 is 0.250 bits per heavy atom. The molecule has 0 spiro atoms. The molecular formula is C60H41N3Si. The lowest BCUT2D eigenvalue weighted by Crippen LogP contribution is -2.75. The summed E-state index contributed by atoms with van der Waals surface area (Å²) in [5.41, 5.74) is 10.6. The Balaban J connectivity index is 1.26. The molecule has 0 saturated carbocycles. The van der Waals surface area contributed by atoms with Crippen LogP contribution in [0.2, 0.25) is 0 Å². The van der Waals surface area contributed by atoms with E-state index in [4.69, 9.17) is 0 Å². The lowest BCUT2D eigenvalue weighted by molar-refractivity contribution is 1.17. The van der Waals surface area contributed by atoms with Crippen LogP contribution >= 0.6 is 0 Å². The molecule has 4 heteroatoms. The molecule has 13 rings (SSSR count). The maximum absolute atomic E-state index is 3.10. The van der Waals surface area contributed by atoms with Crippen LogP contribution in [0, 0.1) is 0 Å². The number of aromatic nitrogens is 3. The number of rotatable bonds is 7. The van der Waals surface area contributed by atoms with Crippen LogP contribution in [0.15, 0.2) is 249 Å². The van der Waals surface area contributed by atoms with E-state index in [9.17, 15) is 0 Å². The molecule has 3 heterocycles. The summed E-state index contributed by atoms with van der Waals surface area (Å²) in [7, 11) is -3.10. The minimum atomic E-state index is -3.10. The minimum Gasteiger partial charge on any atom is -0.309 e. The summed E-state index contributed by atoms with van der Waals surface area (Å²) in [4.78, 5) is 0. The standard InChI is InChI=1S/C60H41N3Si/c1-5-22-42(23-6-1)61-52-36-19-15-32-48(52)58-54(61)38-21-39-55(58)62-53-37-20-16-33-49(53)59-56(62)40-41-57(60(59)63-50-34-17-13-30-46(50)47-31-14-18-35-51(47)63)64(43-24-7-2-8-25-43,44-26-9-3-10-27-44)45-28-11-4-12-29-45/h1-41H. The molecular weight excluding hydrogens is 791 g/mol. The SMILES string of the molecule is c1ccc(-n2c3ccccc3c3c(-n4c5ccccc5c5c(-n6c7ccccc7c7ccccc76)c([Si](c6ccccc6)(c6ccccc6)c6ccccc6)ccc54)cccc32)cc1. The normalized spacial score (nSPS) is 12.1. The van der Waals surface area contributed by atoms with Crippen molar-refractivity contribution < 1.29 is 0 Å². The Morgan fingerprint density at radius 2 is 0.641 bits per heavy atom. The van der Waals surface area contributed by atoms with Gasteiger partial charge in [-0.25, -0.2) is 0 Å². The van der Waals surface area contributed by atoms with Crippen LogP contribution in [0.1, 0.15) is 0 Å². The van der Waals surface area contributed by atoms with Crippen molar-refractivity contribution in [2.75, 3.05) is 0 Å². The summed E-state index contributed by atoms with van der Waals surface area (Å²) in [6, 6.07) is 92.5. The van der Waals surface area contributed by atoms with Gasteiger partial charge in [-0.05, 0) is 75.3 Å². The summed E-state index contributed by atoms with van der Waals surface area (Å²) < 4.78 is 7.58. The van der Waals surface area contributed by atoms with Crippen LogP contribution in [-0.4, -0.2) is 21.8 Å². The average molecular weight is 832 g/mol. The van der Waals surface area contributed by atoms with Gasteiger partial charge in [0.1, 0.15) is 0 Å². The zero-order chi connectivity index (χ0) is 42.2. The third-order valence-corrected chi connectivity index (χ3v) is 18.4. The van der Waals surface area contributed by atoms with Crippen molar-refractivity contribution in [2.24, 2.45) is 0 Å². The van der Waals surface area contributed by atoms with Gasteiger partial charge in [-0.1, -0.05) is 194 Å². The third kappa shape index (κ3) is 5.15. The summed E-state index contributed by atoms with van der Waals surface area (Å²) in [6.07, 6.45) is 0. The molecule has 0 radical (unpaired) electrons. The van der Waals surface area contributed by atoms with Crippen LogP contribution in [0.25, 0.3) is 82.5 Å². The fourth-order valence-corrected chi connectivity index (χ4v) is 16.0. The zero-order valence-corrected chi connectivity index (χ0v) is 36.0. The van der Waals surface area contributed by atoms with E-state index in [1.807, 2.05) is 0 Å². The Kier molecular flexibility index (Phi) is 8.23. The molecule has 300 valence electrons. The second-order valence-corrected chi connectivity index (χ2v) is 20.6. The second kappa shape index (κ2) is 14.5. The molecule has 3 nitrogen and oxygen atoms in total. The van der Waals surface area contributed by atoms with Crippen molar-refractivity contribution in [3.05, 3.63) is 249 Å². The van der Waals surface area contributed by atoms with Gasteiger partial charge in [-0.15, -0.1) is 0 Å². The van der Waals surface area contributed by atoms with Gasteiger partial charge in [0.2, 0.25) is 0 Å². The van der Waals surface area contributed by atoms with Crippen LogP contribution in [0.3, 0.4) is 0 Å². The maximum atomic E-state index is 2.61. The molecule has 0 unspecified atom stereocenters. The molecule has 3 aromatic heterocycles. The number of hydrogen-bond acceptors (Lipinski definition) is 0. The van der Waals surface area contributed by atoms with Gasteiger partial charge < -0.3 is 13.7 Å². The highest BCUT2D eigenvalue weighted by Gasteiger charge is 2.44. The molecule has 0 amide bonds. The molecule has 0 aliphatic carbocycles. The molecule has 0 bridgehead atoms. The first kappa shape index (κ1) is 36.5. The van der Waals surface area contributed by atoms with Crippen molar-refractivity contribution in [1.29, 1.82) is 0 Å². The molecule has 0 aliphatic rings. The van der Waals surface area contributed by atoms with E-state index >= 15 is 0 Å². The number of nitrogens with zero attached hydrogens (tertiary/aromatic N) is 3. The van der Waals surface area contributed by atoms with Crippen molar-refractivity contribution in [3.63, 3.8) is 0 Å². The van der Waals surface area contributed by atoms with Gasteiger partial charge >= 0.3 is 0 Å². The molecule has 0 atom stereocenters. The molecule has 0 aliphatic heterocycles. The zero-order valence-electron chi connectivity index (χ0n) is 35.0. The van der Waals surface area contributed by atoms with Crippen LogP contribution in [0.4, 0.5) is 0 Å². The third-order valence-electron chi connectivity index (χ3n) is 13.6. The summed E-state index contributed by atoms with van der Waals surface area (Å²) in [5, 5.41) is 12.8. The van der Waals surface area contributed by atoms with Gasteiger partial charge in [0.05, 0.1) is 44.5 Å². The second-order valence-electron chi connectivity index (χ2n) is 16.8. The molecule has 0 saturated heterocycles.